The van der Waals surface area contributed by atoms with Crippen LogP contribution in [0.3, 0.4) is 0 Å². The molecular weight excluding hydrogens is 217 g/mol. The number of methoxy groups -OCH3 is 1. The number of carboxylic acids is 1. The number of aromatic nitrogens is 2. The number of nitrogens with zero attached hydrogens (tertiary/aromatic N) is 2. The Bertz CT molecular complexity index is 372. The Hall–Kier alpha value is -1.73. The standard InChI is InChI=1S/C7H7F3N2O3/c1-15-5-4(6(13)14)2-12(11-5)3-7(8,9)10/h2H,3H2,1H3,(H,13,14). The minimum Gasteiger partial charge on any atom is -0.479 e. The van der Waals surface area contributed by atoms with Gasteiger partial charge in [-0.25, -0.2) is 4.79 Å². The zero-order valence-corrected chi connectivity index (χ0v) is 7.58. The molecule has 0 fully saturated rings. The fraction of sp³-hybridized carbons (Fsp3) is 0.429. The van der Waals surface area contributed by atoms with Gasteiger partial charge in [0.25, 0.3) is 0 Å². The molecule has 84 valence electrons. The summed E-state index contributed by atoms with van der Waals surface area (Å²) < 4.78 is 40.8. The highest BCUT2D eigenvalue weighted by Crippen LogP contribution is 2.20. The Morgan fingerprint density at radius 2 is 2.27 bits per heavy atom. The van der Waals surface area contributed by atoms with Crippen molar-refractivity contribution in [1.82, 2.24) is 9.78 Å². The Kier molecular flexibility index (Phi) is 2.87. The highest BCUT2D eigenvalue weighted by Gasteiger charge is 2.29. The first kappa shape index (κ1) is 11.3. The number of halogens is 3. The second kappa shape index (κ2) is 3.79. The van der Waals surface area contributed by atoms with Crippen LogP contribution < -0.4 is 4.74 Å². The van der Waals surface area contributed by atoms with Gasteiger partial charge in [-0.2, -0.15) is 13.2 Å². The van der Waals surface area contributed by atoms with Gasteiger partial charge in [-0.05, 0) is 0 Å². The molecule has 1 aromatic rings. The smallest absolute Gasteiger partial charge is 0.408 e. The summed E-state index contributed by atoms with van der Waals surface area (Å²) in [4.78, 5) is 10.5. The van der Waals surface area contributed by atoms with Crippen LogP contribution >= 0.6 is 0 Å². The first-order chi connectivity index (χ1) is 6.83. The molecule has 0 bridgehead atoms. The summed E-state index contributed by atoms with van der Waals surface area (Å²) in [6.45, 7) is -1.35. The van der Waals surface area contributed by atoms with E-state index < -0.39 is 24.3 Å². The van der Waals surface area contributed by atoms with E-state index in [-0.39, 0.29) is 5.88 Å². The number of carboxylic acid groups (broad SMARTS) is 1. The third-order valence-corrected chi connectivity index (χ3v) is 1.49. The molecule has 0 aliphatic carbocycles. The average molecular weight is 224 g/mol. The maximum Gasteiger partial charge on any atom is 0.408 e. The molecule has 0 aromatic carbocycles. The molecule has 1 N–H and O–H groups in total. The lowest BCUT2D eigenvalue weighted by Gasteiger charge is -2.04. The number of ether oxygens (including phenoxy) is 1. The van der Waals surface area contributed by atoms with Crippen LogP contribution in [0.5, 0.6) is 5.88 Å². The SMILES string of the molecule is COc1nn(CC(F)(F)F)cc1C(=O)O. The zero-order chi connectivity index (χ0) is 11.6. The molecule has 8 heteroatoms. The summed E-state index contributed by atoms with van der Waals surface area (Å²) in [6, 6.07) is 0. The molecule has 15 heavy (non-hydrogen) atoms. The van der Waals surface area contributed by atoms with Crippen molar-refractivity contribution in [3.05, 3.63) is 11.8 Å². The summed E-state index contributed by atoms with van der Waals surface area (Å²) in [5.74, 6) is -1.73. The van der Waals surface area contributed by atoms with Gasteiger partial charge in [0.1, 0.15) is 12.1 Å². The summed E-state index contributed by atoms with van der Waals surface area (Å²) >= 11 is 0. The second-order valence-electron chi connectivity index (χ2n) is 2.67. The Morgan fingerprint density at radius 3 is 2.60 bits per heavy atom. The number of hydrogen-bond donors (Lipinski definition) is 1. The van der Waals surface area contributed by atoms with E-state index in [2.05, 4.69) is 9.84 Å². The lowest BCUT2D eigenvalue weighted by Crippen LogP contribution is -2.18. The van der Waals surface area contributed by atoms with Crippen LogP contribution in [0, 0.1) is 0 Å². The third kappa shape index (κ3) is 2.86. The van der Waals surface area contributed by atoms with E-state index >= 15 is 0 Å². The highest BCUT2D eigenvalue weighted by molar-refractivity contribution is 5.89. The van der Waals surface area contributed by atoms with Crippen molar-refractivity contribution in [3.63, 3.8) is 0 Å². The number of rotatable bonds is 3. The van der Waals surface area contributed by atoms with E-state index in [0.29, 0.717) is 4.68 Å². The molecule has 5 nitrogen and oxygen atoms in total. The van der Waals surface area contributed by atoms with Crippen molar-refractivity contribution >= 4 is 5.97 Å². The summed E-state index contributed by atoms with van der Waals surface area (Å²) in [5, 5.41) is 11.9. The van der Waals surface area contributed by atoms with Crippen LogP contribution in [-0.2, 0) is 6.54 Å². The first-order valence-corrected chi connectivity index (χ1v) is 3.75. The number of hydrogen-bond acceptors (Lipinski definition) is 3. The number of alkyl halides is 3. The van der Waals surface area contributed by atoms with Crippen molar-refractivity contribution < 1.29 is 27.8 Å². The van der Waals surface area contributed by atoms with Gasteiger partial charge in [-0.15, -0.1) is 5.10 Å². The predicted molar refractivity (Wildman–Crippen MR) is 41.8 cm³/mol. The van der Waals surface area contributed by atoms with Crippen molar-refractivity contribution in [2.75, 3.05) is 7.11 Å². The lowest BCUT2D eigenvalue weighted by atomic mass is 10.3. The normalized spacial score (nSPS) is 11.5. The van der Waals surface area contributed by atoms with Gasteiger partial charge in [0.2, 0.25) is 5.88 Å². The van der Waals surface area contributed by atoms with Crippen molar-refractivity contribution in [1.29, 1.82) is 0 Å². The Morgan fingerprint density at radius 1 is 1.67 bits per heavy atom. The van der Waals surface area contributed by atoms with Crippen molar-refractivity contribution in [3.8, 4) is 5.88 Å². The molecule has 0 saturated heterocycles. The van der Waals surface area contributed by atoms with Crippen molar-refractivity contribution in [2.45, 2.75) is 12.7 Å². The van der Waals surface area contributed by atoms with Gasteiger partial charge < -0.3 is 9.84 Å². The van der Waals surface area contributed by atoms with Crippen LogP contribution in [0.4, 0.5) is 13.2 Å². The third-order valence-electron chi connectivity index (χ3n) is 1.49. The number of carbonyl (C=O) groups is 1. The molecule has 0 spiro atoms. The van der Waals surface area contributed by atoms with Crippen LogP contribution in [-0.4, -0.2) is 34.1 Å². The van der Waals surface area contributed by atoms with Gasteiger partial charge in [-0.1, -0.05) is 0 Å². The first-order valence-electron chi connectivity index (χ1n) is 3.75. The minimum atomic E-state index is -4.45. The lowest BCUT2D eigenvalue weighted by molar-refractivity contribution is -0.142. The summed E-state index contributed by atoms with van der Waals surface area (Å²) in [5.41, 5.74) is -0.401. The van der Waals surface area contributed by atoms with Gasteiger partial charge in [-0.3, -0.25) is 4.68 Å². The van der Waals surface area contributed by atoms with E-state index in [1.165, 1.54) is 0 Å². The second-order valence-corrected chi connectivity index (χ2v) is 2.67. The van der Waals surface area contributed by atoms with Crippen LogP contribution in [0.1, 0.15) is 10.4 Å². The molecule has 0 amide bonds. The van der Waals surface area contributed by atoms with E-state index in [1.807, 2.05) is 0 Å². The van der Waals surface area contributed by atoms with Crippen LogP contribution in [0.2, 0.25) is 0 Å². The van der Waals surface area contributed by atoms with Crippen LogP contribution in [0.15, 0.2) is 6.20 Å². The fourth-order valence-electron chi connectivity index (χ4n) is 0.966. The monoisotopic (exact) mass is 224 g/mol. The Balaban J connectivity index is 2.98. The zero-order valence-electron chi connectivity index (χ0n) is 7.58. The predicted octanol–water partition coefficient (Wildman–Crippen LogP) is 1.15. The highest BCUT2D eigenvalue weighted by atomic mass is 19.4. The van der Waals surface area contributed by atoms with E-state index in [4.69, 9.17) is 5.11 Å². The average Bonchev–Trinajstić information content (AvgIpc) is 2.44. The molecule has 0 aliphatic rings. The quantitative estimate of drug-likeness (QED) is 0.836. The summed E-state index contributed by atoms with van der Waals surface area (Å²) in [6.07, 6.45) is -3.68. The fourth-order valence-corrected chi connectivity index (χ4v) is 0.966. The largest absolute Gasteiger partial charge is 0.479 e. The topological polar surface area (TPSA) is 64.4 Å². The molecule has 1 rings (SSSR count). The number of aromatic carboxylic acids is 1. The molecular formula is C7H7F3N2O3. The molecule has 0 saturated carbocycles. The maximum absolute atomic E-state index is 11.9. The van der Waals surface area contributed by atoms with Gasteiger partial charge in [0.15, 0.2) is 0 Å². The molecule has 1 heterocycles. The molecule has 0 radical (unpaired) electrons. The van der Waals surface area contributed by atoms with E-state index in [0.717, 1.165) is 13.3 Å². The maximum atomic E-state index is 11.9. The molecule has 1 aromatic heterocycles. The minimum absolute atomic E-state index is 0.341. The molecule has 0 aliphatic heterocycles. The molecule has 0 unspecified atom stereocenters. The Labute approximate surface area is 82.1 Å². The van der Waals surface area contributed by atoms with Gasteiger partial charge in [0.05, 0.1) is 7.11 Å². The van der Waals surface area contributed by atoms with Gasteiger partial charge in [0, 0.05) is 6.20 Å². The summed E-state index contributed by atoms with van der Waals surface area (Å²) in [7, 11) is 1.13. The van der Waals surface area contributed by atoms with E-state index in [1.54, 1.807) is 0 Å². The van der Waals surface area contributed by atoms with Crippen molar-refractivity contribution in [2.24, 2.45) is 0 Å². The van der Waals surface area contributed by atoms with E-state index in [9.17, 15) is 18.0 Å². The van der Waals surface area contributed by atoms with Gasteiger partial charge >= 0.3 is 12.1 Å². The van der Waals surface area contributed by atoms with Crippen LogP contribution in [0.25, 0.3) is 0 Å². The molecule has 0 atom stereocenters.